The second-order valence-electron chi connectivity index (χ2n) is 5.25. The van der Waals surface area contributed by atoms with Gasteiger partial charge in [-0.2, -0.15) is 0 Å². The van der Waals surface area contributed by atoms with Gasteiger partial charge in [-0.05, 0) is 44.6 Å². The summed E-state index contributed by atoms with van der Waals surface area (Å²) in [6.07, 6.45) is 5.72. The zero-order chi connectivity index (χ0) is 9.84. The fraction of sp³-hybridized carbons (Fsp3) is 1.00. The van der Waals surface area contributed by atoms with E-state index in [1.54, 1.807) is 0 Å². The van der Waals surface area contributed by atoms with Crippen LogP contribution in [-0.4, -0.2) is 24.5 Å². The highest BCUT2D eigenvalue weighted by Crippen LogP contribution is 2.26. The number of nitrogens with zero attached hydrogens (tertiary/aromatic N) is 1. The molecule has 1 rings (SSSR count). The molecule has 0 spiro atoms. The van der Waals surface area contributed by atoms with Crippen LogP contribution in [0.4, 0.5) is 0 Å². The lowest BCUT2D eigenvalue weighted by Gasteiger charge is -2.34. The van der Waals surface area contributed by atoms with Gasteiger partial charge < -0.3 is 4.90 Å². The first-order chi connectivity index (χ1) is 6.09. The first-order valence-corrected chi connectivity index (χ1v) is 5.79. The molecule has 1 aliphatic rings. The molecule has 0 radical (unpaired) electrons. The summed E-state index contributed by atoms with van der Waals surface area (Å²) in [4.78, 5) is 2.57. The van der Waals surface area contributed by atoms with Crippen molar-refractivity contribution in [3.63, 3.8) is 0 Å². The fourth-order valence-electron chi connectivity index (χ4n) is 2.41. The zero-order valence-corrected chi connectivity index (χ0v) is 9.71. The maximum Gasteiger partial charge on any atom is 0.00925 e. The fourth-order valence-corrected chi connectivity index (χ4v) is 2.41. The van der Waals surface area contributed by atoms with Crippen molar-refractivity contribution in [3.05, 3.63) is 0 Å². The topological polar surface area (TPSA) is 3.24 Å². The standard InChI is InChI=1S/C12H25N/c1-10(2)9-13(4)12-7-5-11(3)6-8-12/h10-12H,5-9H2,1-4H3. The van der Waals surface area contributed by atoms with Crippen LogP contribution in [0.3, 0.4) is 0 Å². The Labute approximate surface area is 83.5 Å². The first kappa shape index (κ1) is 11.0. The smallest absolute Gasteiger partial charge is 0.00925 e. The van der Waals surface area contributed by atoms with Crippen LogP contribution in [0.2, 0.25) is 0 Å². The van der Waals surface area contributed by atoms with Crippen molar-refractivity contribution in [3.8, 4) is 0 Å². The van der Waals surface area contributed by atoms with Crippen molar-refractivity contribution >= 4 is 0 Å². The predicted octanol–water partition coefficient (Wildman–Crippen LogP) is 3.15. The van der Waals surface area contributed by atoms with Gasteiger partial charge in [0.05, 0.1) is 0 Å². The molecule has 0 aliphatic heterocycles. The summed E-state index contributed by atoms with van der Waals surface area (Å²) in [5, 5.41) is 0. The second kappa shape index (κ2) is 4.99. The Morgan fingerprint density at radius 1 is 1.15 bits per heavy atom. The Morgan fingerprint density at radius 2 is 1.69 bits per heavy atom. The highest BCUT2D eigenvalue weighted by molar-refractivity contribution is 4.76. The van der Waals surface area contributed by atoms with Crippen molar-refractivity contribution in [2.75, 3.05) is 13.6 Å². The van der Waals surface area contributed by atoms with Gasteiger partial charge in [0.2, 0.25) is 0 Å². The molecule has 13 heavy (non-hydrogen) atoms. The minimum atomic E-state index is 0.810. The van der Waals surface area contributed by atoms with E-state index in [1.807, 2.05) is 0 Å². The van der Waals surface area contributed by atoms with Crippen LogP contribution < -0.4 is 0 Å². The quantitative estimate of drug-likeness (QED) is 0.649. The summed E-state index contributed by atoms with van der Waals surface area (Å²) in [5.74, 6) is 1.79. The molecule has 1 nitrogen and oxygen atoms in total. The van der Waals surface area contributed by atoms with E-state index in [0.717, 1.165) is 17.9 Å². The molecule has 0 aromatic rings. The molecule has 1 aliphatic carbocycles. The van der Waals surface area contributed by atoms with E-state index in [2.05, 4.69) is 32.7 Å². The summed E-state index contributed by atoms with van der Waals surface area (Å²) < 4.78 is 0. The Kier molecular flexibility index (Phi) is 4.24. The molecule has 0 aromatic heterocycles. The Hall–Kier alpha value is -0.0400. The molecule has 78 valence electrons. The van der Waals surface area contributed by atoms with Crippen LogP contribution in [0.25, 0.3) is 0 Å². The molecule has 0 amide bonds. The van der Waals surface area contributed by atoms with E-state index >= 15 is 0 Å². The minimum Gasteiger partial charge on any atom is -0.303 e. The molecule has 0 N–H and O–H groups in total. The van der Waals surface area contributed by atoms with Crippen LogP contribution >= 0.6 is 0 Å². The van der Waals surface area contributed by atoms with Crippen molar-refractivity contribution < 1.29 is 0 Å². The van der Waals surface area contributed by atoms with Gasteiger partial charge in [0.25, 0.3) is 0 Å². The molecule has 0 heterocycles. The molecule has 1 heteroatoms. The van der Waals surface area contributed by atoms with Crippen LogP contribution in [0.15, 0.2) is 0 Å². The van der Waals surface area contributed by atoms with Gasteiger partial charge in [-0.3, -0.25) is 0 Å². The normalized spacial score (nSPS) is 30.0. The highest BCUT2D eigenvalue weighted by atomic mass is 15.1. The number of rotatable bonds is 3. The van der Waals surface area contributed by atoms with Gasteiger partial charge in [0, 0.05) is 12.6 Å². The van der Waals surface area contributed by atoms with Gasteiger partial charge in [-0.1, -0.05) is 20.8 Å². The summed E-state index contributed by atoms with van der Waals surface area (Å²) in [6, 6.07) is 0.874. The Morgan fingerprint density at radius 3 is 2.15 bits per heavy atom. The Balaban J connectivity index is 2.27. The highest BCUT2D eigenvalue weighted by Gasteiger charge is 2.21. The van der Waals surface area contributed by atoms with Crippen molar-refractivity contribution in [1.29, 1.82) is 0 Å². The van der Waals surface area contributed by atoms with Crippen molar-refractivity contribution in [2.24, 2.45) is 11.8 Å². The van der Waals surface area contributed by atoms with E-state index in [9.17, 15) is 0 Å². The molecule has 0 atom stereocenters. The van der Waals surface area contributed by atoms with Gasteiger partial charge >= 0.3 is 0 Å². The largest absolute Gasteiger partial charge is 0.303 e. The summed E-state index contributed by atoms with van der Waals surface area (Å²) in [5.41, 5.74) is 0. The zero-order valence-electron chi connectivity index (χ0n) is 9.71. The van der Waals surface area contributed by atoms with Crippen LogP contribution in [0.1, 0.15) is 46.5 Å². The van der Waals surface area contributed by atoms with Gasteiger partial charge in [-0.15, -0.1) is 0 Å². The van der Waals surface area contributed by atoms with Crippen molar-refractivity contribution in [2.45, 2.75) is 52.5 Å². The van der Waals surface area contributed by atoms with E-state index in [0.29, 0.717) is 0 Å². The SMILES string of the molecule is CC(C)CN(C)C1CCC(C)CC1. The molecule has 0 unspecified atom stereocenters. The average molecular weight is 183 g/mol. The molecule has 1 saturated carbocycles. The first-order valence-electron chi connectivity index (χ1n) is 5.79. The van der Waals surface area contributed by atoms with E-state index < -0.39 is 0 Å². The van der Waals surface area contributed by atoms with Crippen LogP contribution in [0, 0.1) is 11.8 Å². The molecular formula is C12H25N. The third-order valence-corrected chi connectivity index (χ3v) is 3.26. The second-order valence-corrected chi connectivity index (χ2v) is 5.25. The third-order valence-electron chi connectivity index (χ3n) is 3.26. The molecule has 0 aromatic carbocycles. The predicted molar refractivity (Wildman–Crippen MR) is 58.9 cm³/mol. The van der Waals surface area contributed by atoms with Gasteiger partial charge in [0.15, 0.2) is 0 Å². The van der Waals surface area contributed by atoms with Crippen molar-refractivity contribution in [1.82, 2.24) is 4.90 Å². The van der Waals surface area contributed by atoms with E-state index in [-0.39, 0.29) is 0 Å². The lowest BCUT2D eigenvalue weighted by molar-refractivity contribution is 0.156. The third kappa shape index (κ3) is 3.68. The van der Waals surface area contributed by atoms with Gasteiger partial charge in [0.1, 0.15) is 0 Å². The van der Waals surface area contributed by atoms with E-state index in [4.69, 9.17) is 0 Å². The number of hydrogen-bond donors (Lipinski definition) is 0. The molecular weight excluding hydrogens is 158 g/mol. The lowest BCUT2D eigenvalue weighted by atomic mass is 9.86. The van der Waals surface area contributed by atoms with Gasteiger partial charge in [-0.25, -0.2) is 0 Å². The van der Waals surface area contributed by atoms with Crippen LogP contribution in [-0.2, 0) is 0 Å². The summed E-state index contributed by atoms with van der Waals surface area (Å²) >= 11 is 0. The summed E-state index contributed by atoms with van der Waals surface area (Å²) in [7, 11) is 2.29. The van der Waals surface area contributed by atoms with Crippen LogP contribution in [0.5, 0.6) is 0 Å². The monoisotopic (exact) mass is 183 g/mol. The lowest BCUT2D eigenvalue weighted by Crippen LogP contribution is -2.37. The minimum absolute atomic E-state index is 0.810. The maximum atomic E-state index is 2.57. The van der Waals surface area contributed by atoms with E-state index in [1.165, 1.54) is 32.2 Å². The Bertz CT molecular complexity index is 134. The molecule has 0 saturated heterocycles. The summed E-state index contributed by atoms with van der Waals surface area (Å²) in [6.45, 7) is 8.27. The maximum absolute atomic E-state index is 2.57. The average Bonchev–Trinajstić information content (AvgIpc) is 2.04. The number of hydrogen-bond acceptors (Lipinski definition) is 1. The molecule has 1 fully saturated rings. The molecule has 0 bridgehead atoms.